The first kappa shape index (κ1) is 14.4. The average Bonchev–Trinajstić information content (AvgIpc) is 2.85. The van der Waals surface area contributed by atoms with Crippen LogP contribution in [0, 0.1) is 0 Å². The Kier molecular flexibility index (Phi) is 4.19. The summed E-state index contributed by atoms with van der Waals surface area (Å²) < 4.78 is 5.14. The van der Waals surface area contributed by atoms with Gasteiger partial charge in [-0.15, -0.1) is 0 Å². The summed E-state index contributed by atoms with van der Waals surface area (Å²) in [4.78, 5) is 24.5. The molecule has 5 heteroatoms. The summed E-state index contributed by atoms with van der Waals surface area (Å²) in [5.41, 5.74) is 1.40. The van der Waals surface area contributed by atoms with E-state index in [2.05, 4.69) is 5.32 Å². The predicted octanol–water partition coefficient (Wildman–Crippen LogP) is 3.07. The quantitative estimate of drug-likeness (QED) is 0.932. The first-order chi connectivity index (χ1) is 10.2. The molecule has 1 N–H and O–H groups in total. The number of amides is 1. The normalized spacial score (nSPS) is 22.0. The second-order valence-electron chi connectivity index (χ2n) is 5.58. The van der Waals surface area contributed by atoms with E-state index in [4.69, 9.17) is 4.74 Å². The van der Waals surface area contributed by atoms with Crippen LogP contribution in [0.3, 0.4) is 0 Å². The van der Waals surface area contributed by atoms with E-state index in [1.165, 1.54) is 19.3 Å². The molecule has 1 unspecified atom stereocenters. The van der Waals surface area contributed by atoms with E-state index in [9.17, 15) is 9.59 Å². The number of fused-ring (bicyclic) bond motifs is 1. The number of rotatable bonds is 3. The number of ether oxygens (including phenoxy) is 1. The number of thioether (sulfide) groups is 1. The largest absolute Gasteiger partial charge is 0.497 e. The fourth-order valence-corrected chi connectivity index (χ4v) is 4.05. The van der Waals surface area contributed by atoms with E-state index in [1.54, 1.807) is 19.2 Å². The van der Waals surface area contributed by atoms with E-state index < -0.39 is 5.25 Å². The van der Waals surface area contributed by atoms with Crippen molar-refractivity contribution in [1.29, 1.82) is 0 Å². The number of hydrogen-bond acceptors (Lipinski definition) is 4. The molecule has 0 bridgehead atoms. The Balaban J connectivity index is 1.75. The van der Waals surface area contributed by atoms with Crippen LogP contribution in [0.1, 0.15) is 53.3 Å². The lowest BCUT2D eigenvalue weighted by Gasteiger charge is -2.24. The third-order valence-electron chi connectivity index (χ3n) is 4.18. The van der Waals surface area contributed by atoms with Gasteiger partial charge >= 0.3 is 0 Å². The summed E-state index contributed by atoms with van der Waals surface area (Å²) in [7, 11) is 1.57. The van der Waals surface area contributed by atoms with Gasteiger partial charge in [0.15, 0.2) is 0 Å². The maximum absolute atomic E-state index is 12.5. The maximum atomic E-state index is 12.5. The van der Waals surface area contributed by atoms with Crippen LogP contribution < -0.4 is 10.1 Å². The Morgan fingerprint density at radius 3 is 2.76 bits per heavy atom. The molecule has 21 heavy (non-hydrogen) atoms. The molecule has 1 fully saturated rings. The van der Waals surface area contributed by atoms with Crippen LogP contribution >= 0.6 is 11.8 Å². The molecule has 2 aliphatic rings. The number of benzene rings is 1. The minimum absolute atomic E-state index is 0.0378. The maximum Gasteiger partial charge on any atom is 0.238 e. The second kappa shape index (κ2) is 6.10. The van der Waals surface area contributed by atoms with Gasteiger partial charge in [0, 0.05) is 11.6 Å². The predicted molar refractivity (Wildman–Crippen MR) is 82.7 cm³/mol. The molecule has 4 nitrogen and oxygen atoms in total. The van der Waals surface area contributed by atoms with Gasteiger partial charge in [0.2, 0.25) is 11.0 Å². The van der Waals surface area contributed by atoms with Gasteiger partial charge in [-0.2, -0.15) is 0 Å². The van der Waals surface area contributed by atoms with Crippen LogP contribution in [-0.2, 0) is 4.79 Å². The summed E-state index contributed by atoms with van der Waals surface area (Å²) in [6.45, 7) is 0. The van der Waals surface area contributed by atoms with E-state index >= 15 is 0 Å². The molecule has 0 spiro atoms. The molecule has 112 valence electrons. The van der Waals surface area contributed by atoms with Gasteiger partial charge in [-0.1, -0.05) is 37.1 Å². The molecule has 1 aromatic rings. The van der Waals surface area contributed by atoms with Gasteiger partial charge in [0.1, 0.15) is 11.0 Å². The molecule has 1 amide bonds. The lowest BCUT2D eigenvalue weighted by Crippen LogP contribution is -2.38. The lowest BCUT2D eigenvalue weighted by molar-refractivity contribution is -0.121. The fourth-order valence-electron chi connectivity index (χ4n) is 3.02. The Morgan fingerprint density at radius 2 is 2.05 bits per heavy atom. The molecule has 0 radical (unpaired) electrons. The molecule has 1 aromatic carbocycles. The van der Waals surface area contributed by atoms with Crippen molar-refractivity contribution in [1.82, 2.24) is 5.32 Å². The molecule has 0 saturated heterocycles. The Morgan fingerprint density at radius 1 is 1.29 bits per heavy atom. The van der Waals surface area contributed by atoms with Crippen LogP contribution in [-0.4, -0.2) is 24.2 Å². The van der Waals surface area contributed by atoms with Crippen molar-refractivity contribution >= 4 is 22.8 Å². The third-order valence-corrected chi connectivity index (χ3v) is 5.32. The summed E-state index contributed by atoms with van der Waals surface area (Å²) in [6.07, 6.45) is 5.70. The van der Waals surface area contributed by atoms with Crippen molar-refractivity contribution in [3.63, 3.8) is 0 Å². The minimum atomic E-state index is -0.416. The van der Waals surface area contributed by atoms with Crippen molar-refractivity contribution in [3.05, 3.63) is 29.3 Å². The average molecular weight is 305 g/mol. The minimum Gasteiger partial charge on any atom is -0.497 e. The summed E-state index contributed by atoms with van der Waals surface area (Å²) >= 11 is 1.10. The zero-order chi connectivity index (χ0) is 14.8. The van der Waals surface area contributed by atoms with E-state index in [-0.39, 0.29) is 17.1 Å². The molecule has 1 atom stereocenters. The third kappa shape index (κ3) is 2.93. The number of nitrogens with one attached hydrogen (secondary N) is 1. The lowest BCUT2D eigenvalue weighted by atomic mass is 9.95. The van der Waals surface area contributed by atoms with E-state index in [0.717, 1.165) is 30.2 Å². The van der Waals surface area contributed by atoms with Gasteiger partial charge in [-0.25, -0.2) is 0 Å². The van der Waals surface area contributed by atoms with Crippen LogP contribution in [0.4, 0.5) is 0 Å². The standard InChI is InChI=1S/C16H19NO3S/c1-20-11-7-8-12-13(9-11)16(19)21-14(12)15(18)17-10-5-3-2-4-6-10/h7-10,14H,2-6H2,1H3,(H,17,18). The highest BCUT2D eigenvalue weighted by atomic mass is 32.2. The molecule has 1 heterocycles. The zero-order valence-corrected chi connectivity index (χ0v) is 12.9. The van der Waals surface area contributed by atoms with E-state index in [0.29, 0.717) is 11.3 Å². The molecule has 3 rings (SSSR count). The highest BCUT2D eigenvalue weighted by Crippen LogP contribution is 2.43. The SMILES string of the molecule is COc1ccc2c(c1)C(=O)SC2C(=O)NC1CCCCC1. The van der Waals surface area contributed by atoms with Crippen molar-refractivity contribution < 1.29 is 14.3 Å². The summed E-state index contributed by atoms with van der Waals surface area (Å²) in [5.74, 6) is 0.611. The zero-order valence-electron chi connectivity index (χ0n) is 12.1. The Hall–Kier alpha value is -1.49. The van der Waals surface area contributed by atoms with Crippen LogP contribution in [0.5, 0.6) is 5.75 Å². The molecule has 1 aliphatic heterocycles. The highest BCUT2D eigenvalue weighted by molar-refractivity contribution is 8.15. The number of carbonyl (C=O) groups is 2. The first-order valence-corrected chi connectivity index (χ1v) is 8.26. The van der Waals surface area contributed by atoms with Crippen LogP contribution in [0.2, 0.25) is 0 Å². The second-order valence-corrected chi connectivity index (χ2v) is 6.66. The Bertz CT molecular complexity index is 567. The number of methoxy groups -OCH3 is 1. The number of carbonyl (C=O) groups excluding carboxylic acids is 2. The topological polar surface area (TPSA) is 55.4 Å². The number of hydrogen-bond donors (Lipinski definition) is 1. The highest BCUT2D eigenvalue weighted by Gasteiger charge is 2.36. The van der Waals surface area contributed by atoms with Crippen molar-refractivity contribution in [2.24, 2.45) is 0 Å². The van der Waals surface area contributed by atoms with E-state index in [1.807, 2.05) is 6.07 Å². The molecule has 1 aliphatic carbocycles. The van der Waals surface area contributed by atoms with Crippen molar-refractivity contribution in [3.8, 4) is 5.75 Å². The fraction of sp³-hybridized carbons (Fsp3) is 0.500. The van der Waals surface area contributed by atoms with Gasteiger partial charge in [-0.05, 0) is 30.5 Å². The Labute approximate surface area is 128 Å². The monoisotopic (exact) mass is 305 g/mol. The summed E-state index contributed by atoms with van der Waals surface area (Å²) in [5, 5.41) is 2.64. The van der Waals surface area contributed by atoms with Gasteiger partial charge in [0.05, 0.1) is 7.11 Å². The van der Waals surface area contributed by atoms with Crippen LogP contribution in [0.25, 0.3) is 0 Å². The summed E-state index contributed by atoms with van der Waals surface area (Å²) in [6, 6.07) is 5.62. The molecular formula is C16H19NO3S. The molecule has 1 saturated carbocycles. The van der Waals surface area contributed by atoms with Gasteiger partial charge in [-0.3, -0.25) is 9.59 Å². The first-order valence-electron chi connectivity index (χ1n) is 7.38. The smallest absolute Gasteiger partial charge is 0.238 e. The molecular weight excluding hydrogens is 286 g/mol. The van der Waals surface area contributed by atoms with Gasteiger partial charge < -0.3 is 10.1 Å². The van der Waals surface area contributed by atoms with Gasteiger partial charge in [0.25, 0.3) is 0 Å². The van der Waals surface area contributed by atoms with Crippen LogP contribution in [0.15, 0.2) is 18.2 Å². The van der Waals surface area contributed by atoms with Crippen molar-refractivity contribution in [2.45, 2.75) is 43.4 Å². The molecule has 0 aromatic heterocycles. The van der Waals surface area contributed by atoms with Crippen molar-refractivity contribution in [2.75, 3.05) is 7.11 Å².